The molecule has 3 amide bonds. The number of ether oxygens (including phenoxy) is 1. The Bertz CT molecular complexity index is 734. The minimum atomic E-state index is -4.69. The molecule has 0 spiro atoms. The lowest BCUT2D eigenvalue weighted by Gasteiger charge is -2.33. The quantitative estimate of drug-likeness (QED) is 0.764. The second kappa shape index (κ2) is 8.47. The summed E-state index contributed by atoms with van der Waals surface area (Å²) in [7, 11) is 0. The molecular formula is C16H17ClF3N3O4. The number of anilines is 1. The fourth-order valence-corrected chi connectivity index (χ4v) is 2.68. The molecule has 27 heavy (non-hydrogen) atoms. The molecule has 0 saturated carbocycles. The normalized spacial score (nSPS) is 14.7. The van der Waals surface area contributed by atoms with Gasteiger partial charge in [-0.05, 0) is 25.1 Å². The summed E-state index contributed by atoms with van der Waals surface area (Å²) < 4.78 is 43.4. The number of amides is 3. The number of benzene rings is 1. The number of rotatable bonds is 2. The van der Waals surface area contributed by atoms with Crippen molar-refractivity contribution >= 4 is 35.2 Å². The largest absolute Gasteiger partial charge is 0.450 e. The minimum Gasteiger partial charge on any atom is -0.450 e. The SMILES string of the molecule is CCOC(=O)N1CCN(C(=O)C(=O)Nc2ccc(Cl)c(C(F)(F)F)c2)CC1. The first-order valence-electron chi connectivity index (χ1n) is 8.02. The topological polar surface area (TPSA) is 79.0 Å². The van der Waals surface area contributed by atoms with Crippen LogP contribution in [0, 0.1) is 0 Å². The Morgan fingerprint density at radius 3 is 2.30 bits per heavy atom. The molecule has 0 atom stereocenters. The van der Waals surface area contributed by atoms with Gasteiger partial charge in [0.2, 0.25) is 0 Å². The Kier molecular flexibility index (Phi) is 6.53. The van der Waals surface area contributed by atoms with Gasteiger partial charge in [-0.2, -0.15) is 13.2 Å². The minimum absolute atomic E-state index is 0.111. The molecule has 1 aromatic carbocycles. The van der Waals surface area contributed by atoms with Crippen molar-refractivity contribution < 1.29 is 32.3 Å². The predicted molar refractivity (Wildman–Crippen MR) is 90.3 cm³/mol. The van der Waals surface area contributed by atoms with E-state index in [-0.39, 0.29) is 38.5 Å². The van der Waals surface area contributed by atoms with Crippen molar-refractivity contribution in [2.75, 3.05) is 38.1 Å². The average Bonchev–Trinajstić information content (AvgIpc) is 2.62. The monoisotopic (exact) mass is 407 g/mol. The number of carbonyl (C=O) groups excluding carboxylic acids is 3. The van der Waals surface area contributed by atoms with E-state index in [0.717, 1.165) is 6.07 Å². The smallest absolute Gasteiger partial charge is 0.417 e. The summed E-state index contributed by atoms with van der Waals surface area (Å²) in [5, 5.41) is 1.63. The third kappa shape index (κ3) is 5.25. The van der Waals surface area contributed by atoms with Crippen molar-refractivity contribution in [3.63, 3.8) is 0 Å². The van der Waals surface area contributed by atoms with Gasteiger partial charge in [0, 0.05) is 31.9 Å². The highest BCUT2D eigenvalue weighted by atomic mass is 35.5. The molecular weight excluding hydrogens is 391 g/mol. The molecule has 1 aliphatic rings. The number of piperazine rings is 1. The fourth-order valence-electron chi connectivity index (χ4n) is 2.46. The first-order valence-corrected chi connectivity index (χ1v) is 8.40. The van der Waals surface area contributed by atoms with Crippen LogP contribution >= 0.6 is 11.6 Å². The Hall–Kier alpha value is -2.49. The summed E-state index contributed by atoms with van der Waals surface area (Å²) in [4.78, 5) is 38.5. The predicted octanol–water partition coefficient (Wildman–Crippen LogP) is 2.60. The molecule has 0 aliphatic carbocycles. The number of nitrogens with one attached hydrogen (secondary N) is 1. The molecule has 0 radical (unpaired) electrons. The van der Waals surface area contributed by atoms with Crippen LogP contribution in [0.5, 0.6) is 0 Å². The summed E-state index contributed by atoms with van der Waals surface area (Å²) in [6, 6.07) is 2.82. The number of nitrogens with zero attached hydrogens (tertiary/aromatic N) is 2. The summed E-state index contributed by atoms with van der Waals surface area (Å²) in [5.41, 5.74) is -1.31. The molecule has 1 aromatic rings. The highest BCUT2D eigenvalue weighted by Gasteiger charge is 2.34. The fraction of sp³-hybridized carbons (Fsp3) is 0.438. The van der Waals surface area contributed by atoms with Crippen LogP contribution in [0.4, 0.5) is 23.7 Å². The third-order valence-electron chi connectivity index (χ3n) is 3.82. The van der Waals surface area contributed by atoms with Crippen molar-refractivity contribution in [1.82, 2.24) is 9.80 Å². The average molecular weight is 408 g/mol. The van der Waals surface area contributed by atoms with E-state index in [4.69, 9.17) is 16.3 Å². The summed E-state index contributed by atoms with van der Waals surface area (Å²) in [6.45, 7) is 2.50. The zero-order chi connectivity index (χ0) is 20.2. The molecule has 1 aliphatic heterocycles. The number of carbonyl (C=O) groups is 3. The van der Waals surface area contributed by atoms with Crippen LogP contribution in [-0.2, 0) is 20.5 Å². The van der Waals surface area contributed by atoms with E-state index in [2.05, 4.69) is 5.32 Å². The molecule has 1 N–H and O–H groups in total. The molecule has 7 nitrogen and oxygen atoms in total. The molecule has 1 saturated heterocycles. The highest BCUT2D eigenvalue weighted by molar-refractivity contribution is 6.39. The second-order valence-electron chi connectivity index (χ2n) is 5.62. The lowest BCUT2D eigenvalue weighted by molar-refractivity contribution is -0.144. The van der Waals surface area contributed by atoms with Gasteiger partial charge in [0.15, 0.2) is 0 Å². The molecule has 148 valence electrons. The summed E-state index contributed by atoms with van der Waals surface area (Å²) in [6.07, 6.45) is -5.19. The van der Waals surface area contributed by atoms with Gasteiger partial charge in [0.05, 0.1) is 17.2 Å². The van der Waals surface area contributed by atoms with E-state index in [1.165, 1.54) is 15.9 Å². The van der Waals surface area contributed by atoms with Crippen LogP contribution in [0.3, 0.4) is 0 Å². The van der Waals surface area contributed by atoms with Crippen LogP contribution < -0.4 is 5.32 Å². The third-order valence-corrected chi connectivity index (χ3v) is 4.15. The molecule has 0 unspecified atom stereocenters. The van der Waals surface area contributed by atoms with Gasteiger partial charge in [-0.1, -0.05) is 11.6 Å². The lowest BCUT2D eigenvalue weighted by atomic mass is 10.2. The Morgan fingerprint density at radius 2 is 1.74 bits per heavy atom. The van der Waals surface area contributed by atoms with Crippen LogP contribution in [0.1, 0.15) is 12.5 Å². The summed E-state index contributed by atoms with van der Waals surface area (Å²) >= 11 is 5.51. The van der Waals surface area contributed by atoms with Crippen molar-refractivity contribution in [1.29, 1.82) is 0 Å². The van der Waals surface area contributed by atoms with Gasteiger partial charge < -0.3 is 19.9 Å². The maximum atomic E-state index is 12.9. The number of alkyl halides is 3. The second-order valence-corrected chi connectivity index (χ2v) is 6.03. The molecule has 11 heteroatoms. The molecule has 2 rings (SSSR count). The zero-order valence-electron chi connectivity index (χ0n) is 14.3. The van der Waals surface area contributed by atoms with E-state index in [1.54, 1.807) is 6.92 Å². The molecule has 0 aromatic heterocycles. The Labute approximate surface area is 158 Å². The number of hydrogen-bond acceptors (Lipinski definition) is 4. The van der Waals surface area contributed by atoms with E-state index in [1.807, 2.05) is 0 Å². The van der Waals surface area contributed by atoms with Gasteiger partial charge >= 0.3 is 24.1 Å². The van der Waals surface area contributed by atoms with E-state index >= 15 is 0 Å². The van der Waals surface area contributed by atoms with Crippen molar-refractivity contribution in [3.05, 3.63) is 28.8 Å². The van der Waals surface area contributed by atoms with Crippen LogP contribution in [0.2, 0.25) is 5.02 Å². The van der Waals surface area contributed by atoms with Gasteiger partial charge in [-0.15, -0.1) is 0 Å². The highest BCUT2D eigenvalue weighted by Crippen LogP contribution is 2.36. The number of hydrogen-bond donors (Lipinski definition) is 1. The van der Waals surface area contributed by atoms with Gasteiger partial charge in [0.25, 0.3) is 0 Å². The van der Waals surface area contributed by atoms with E-state index in [9.17, 15) is 27.6 Å². The van der Waals surface area contributed by atoms with Crippen molar-refractivity contribution in [3.8, 4) is 0 Å². The van der Waals surface area contributed by atoms with Crippen LogP contribution in [0.15, 0.2) is 18.2 Å². The first kappa shape index (κ1) is 20.8. The standard InChI is InChI=1S/C16H17ClF3N3O4/c1-2-27-15(26)23-7-5-22(6-8-23)14(25)13(24)21-10-3-4-12(17)11(9-10)16(18,19)20/h3-4,9H,2,5-8H2,1H3,(H,21,24). The zero-order valence-corrected chi connectivity index (χ0v) is 15.1. The van der Waals surface area contributed by atoms with Gasteiger partial charge in [-0.25, -0.2) is 4.79 Å². The lowest BCUT2D eigenvalue weighted by Crippen LogP contribution is -2.53. The van der Waals surface area contributed by atoms with Crippen LogP contribution in [-0.4, -0.2) is 60.5 Å². The van der Waals surface area contributed by atoms with Gasteiger partial charge in [0.1, 0.15) is 0 Å². The van der Waals surface area contributed by atoms with E-state index < -0.39 is 34.7 Å². The molecule has 0 bridgehead atoms. The Morgan fingerprint density at radius 1 is 1.15 bits per heavy atom. The maximum absolute atomic E-state index is 12.9. The Balaban J connectivity index is 1.97. The first-order chi connectivity index (χ1) is 12.6. The number of halogens is 4. The van der Waals surface area contributed by atoms with Gasteiger partial charge in [-0.3, -0.25) is 9.59 Å². The maximum Gasteiger partial charge on any atom is 0.417 e. The van der Waals surface area contributed by atoms with Crippen LogP contribution in [0.25, 0.3) is 0 Å². The summed E-state index contributed by atoms with van der Waals surface area (Å²) in [5.74, 6) is -1.97. The van der Waals surface area contributed by atoms with E-state index in [0.29, 0.717) is 6.07 Å². The van der Waals surface area contributed by atoms with Crippen molar-refractivity contribution in [2.24, 2.45) is 0 Å². The molecule has 1 fully saturated rings. The van der Waals surface area contributed by atoms with Crippen molar-refractivity contribution in [2.45, 2.75) is 13.1 Å². The molecule has 1 heterocycles.